The second-order valence-electron chi connectivity index (χ2n) is 26.5. The summed E-state index contributed by atoms with van der Waals surface area (Å²) >= 11 is 0. The third-order valence-corrected chi connectivity index (χ3v) is 20.8. The van der Waals surface area contributed by atoms with E-state index in [4.69, 9.17) is 0 Å². The van der Waals surface area contributed by atoms with Gasteiger partial charge < -0.3 is 9.80 Å². The maximum Gasteiger partial charge on any atom is 0.0468 e. The fourth-order valence-electron chi connectivity index (χ4n) is 16.2. The van der Waals surface area contributed by atoms with Crippen LogP contribution in [-0.4, -0.2) is 0 Å². The summed E-state index contributed by atoms with van der Waals surface area (Å²) in [6.07, 6.45) is 25.3. The van der Waals surface area contributed by atoms with Gasteiger partial charge in [0.15, 0.2) is 0 Å². The number of para-hydroxylation sites is 1. The van der Waals surface area contributed by atoms with E-state index in [-0.39, 0.29) is 22.7 Å². The summed E-state index contributed by atoms with van der Waals surface area (Å²) in [4.78, 5) is 5.05. The van der Waals surface area contributed by atoms with E-state index in [2.05, 4.69) is 329 Å². The third kappa shape index (κ3) is 8.67. The van der Waals surface area contributed by atoms with Crippen molar-refractivity contribution in [3.8, 4) is 44.5 Å². The average molecular weight is 1160 g/mol. The Morgan fingerprint density at radius 1 is 0.356 bits per heavy atom. The van der Waals surface area contributed by atoms with Gasteiger partial charge in [-0.2, -0.15) is 0 Å². The molecule has 0 bridgehead atoms. The van der Waals surface area contributed by atoms with Crippen LogP contribution >= 0.6 is 0 Å². The molecule has 17 rings (SSSR count). The fourth-order valence-corrected chi connectivity index (χ4v) is 16.2. The number of benzene rings is 12. The van der Waals surface area contributed by atoms with Gasteiger partial charge in [0.05, 0.1) is 0 Å². The van der Waals surface area contributed by atoms with E-state index in [0.29, 0.717) is 0 Å². The minimum Gasteiger partial charge on any atom is -0.315 e. The number of nitrogens with zero attached hydrogens (tertiary/aromatic N) is 2. The average Bonchev–Trinajstić information content (AvgIpc) is 0.821. The van der Waals surface area contributed by atoms with Crippen molar-refractivity contribution in [1.29, 1.82) is 0 Å². The molecule has 0 aliphatic heterocycles. The zero-order chi connectivity index (χ0) is 60.2. The van der Waals surface area contributed by atoms with E-state index < -0.39 is 0 Å². The van der Waals surface area contributed by atoms with Crippen molar-refractivity contribution in [2.75, 3.05) is 9.80 Å². The molecule has 90 heavy (non-hydrogen) atoms. The maximum atomic E-state index is 2.56. The second kappa shape index (κ2) is 21.2. The molecule has 2 unspecified atom stereocenters. The maximum absolute atomic E-state index is 2.56. The van der Waals surface area contributed by atoms with Crippen LogP contribution in [0.3, 0.4) is 0 Å². The first-order valence-corrected chi connectivity index (χ1v) is 32.4. The van der Waals surface area contributed by atoms with Crippen LogP contribution in [0, 0.1) is 0 Å². The summed E-state index contributed by atoms with van der Waals surface area (Å²) in [5.41, 5.74) is 25.8. The SMILES string of the molecule is CC1(C)c2ccccc2-c2ccc(C3C=CC(N(C4=CC=CCC4)c4ccc5c(-c6cccc7ccccc67)c6cc(N(C7=CCC(c8ccc9c(c8)C(C)(C)c8ccccc8-9)C=C7)c7ccccc7)ccc6c(-c6cccc7ccccc67)c5c4)=CC3)cc21. The molecule has 2 atom stereocenters. The van der Waals surface area contributed by atoms with Gasteiger partial charge in [0.2, 0.25) is 0 Å². The molecule has 12 aromatic rings. The monoisotopic (exact) mass is 1150 g/mol. The number of rotatable bonds is 10. The molecule has 0 spiro atoms. The van der Waals surface area contributed by atoms with Crippen LogP contribution in [-0.2, 0) is 10.8 Å². The van der Waals surface area contributed by atoms with Crippen LogP contribution < -0.4 is 9.80 Å². The Morgan fingerprint density at radius 2 is 0.811 bits per heavy atom. The highest BCUT2D eigenvalue weighted by molar-refractivity contribution is 6.26. The normalized spacial score (nSPS) is 17.4. The van der Waals surface area contributed by atoms with Crippen LogP contribution in [0.5, 0.6) is 0 Å². The summed E-state index contributed by atoms with van der Waals surface area (Å²) < 4.78 is 0. The number of anilines is 3. The Morgan fingerprint density at radius 3 is 1.32 bits per heavy atom. The smallest absolute Gasteiger partial charge is 0.0468 e. The Labute approximate surface area is 529 Å². The molecule has 2 nitrogen and oxygen atoms in total. The van der Waals surface area contributed by atoms with Crippen LogP contribution in [0.2, 0.25) is 0 Å². The van der Waals surface area contributed by atoms with E-state index in [1.54, 1.807) is 0 Å². The second-order valence-corrected chi connectivity index (χ2v) is 26.5. The Kier molecular flexibility index (Phi) is 12.7. The molecule has 0 heterocycles. The van der Waals surface area contributed by atoms with Gasteiger partial charge in [-0.1, -0.05) is 264 Å². The highest BCUT2D eigenvalue weighted by atomic mass is 15.2. The van der Waals surface area contributed by atoms with Crippen molar-refractivity contribution in [2.24, 2.45) is 0 Å². The summed E-state index contributed by atoms with van der Waals surface area (Å²) in [6, 6.07) is 89.7. The zero-order valence-corrected chi connectivity index (χ0v) is 51.6. The molecule has 12 aromatic carbocycles. The Hall–Kier alpha value is -10.3. The number of hydrogen-bond acceptors (Lipinski definition) is 2. The van der Waals surface area contributed by atoms with Gasteiger partial charge in [0, 0.05) is 56.8 Å². The topological polar surface area (TPSA) is 6.48 Å². The molecule has 432 valence electrons. The number of fused-ring (bicyclic) bond motifs is 10. The molecule has 5 aliphatic carbocycles. The quantitative estimate of drug-likeness (QED) is 0.126. The van der Waals surface area contributed by atoms with Gasteiger partial charge in [-0.15, -0.1) is 0 Å². The first-order chi connectivity index (χ1) is 44.2. The van der Waals surface area contributed by atoms with Gasteiger partial charge >= 0.3 is 0 Å². The summed E-state index contributed by atoms with van der Waals surface area (Å²) in [6.45, 7) is 9.54. The van der Waals surface area contributed by atoms with Gasteiger partial charge in [0.1, 0.15) is 0 Å². The van der Waals surface area contributed by atoms with E-state index >= 15 is 0 Å². The zero-order valence-electron chi connectivity index (χ0n) is 51.6. The number of allylic oxidation sites excluding steroid dienone is 10. The van der Waals surface area contributed by atoms with Gasteiger partial charge in [-0.05, 0) is 201 Å². The fraction of sp³-hybridized carbons (Fsp3) is 0.136. The Bertz CT molecular complexity index is 5140. The van der Waals surface area contributed by atoms with Crippen molar-refractivity contribution in [3.05, 3.63) is 342 Å². The van der Waals surface area contributed by atoms with E-state index in [1.807, 2.05) is 0 Å². The van der Waals surface area contributed by atoms with Gasteiger partial charge in [0.25, 0.3) is 0 Å². The molecule has 2 heteroatoms. The molecule has 0 amide bonds. The molecule has 0 fully saturated rings. The van der Waals surface area contributed by atoms with Crippen LogP contribution in [0.1, 0.15) is 98.6 Å². The van der Waals surface area contributed by atoms with Crippen molar-refractivity contribution in [3.63, 3.8) is 0 Å². The molecular weight excluding hydrogens is 1080 g/mol. The first-order valence-electron chi connectivity index (χ1n) is 32.4. The van der Waals surface area contributed by atoms with Crippen molar-refractivity contribution < 1.29 is 0 Å². The van der Waals surface area contributed by atoms with E-state index in [0.717, 1.165) is 42.7 Å². The predicted molar refractivity (Wildman–Crippen MR) is 382 cm³/mol. The summed E-state index contributed by atoms with van der Waals surface area (Å²) in [7, 11) is 0. The lowest BCUT2D eigenvalue weighted by molar-refractivity contribution is 0.657. The predicted octanol–water partition coefficient (Wildman–Crippen LogP) is 23.7. The van der Waals surface area contributed by atoms with Crippen LogP contribution in [0.25, 0.3) is 87.6 Å². The molecule has 0 saturated carbocycles. The van der Waals surface area contributed by atoms with Crippen LogP contribution in [0.15, 0.2) is 308 Å². The summed E-state index contributed by atoms with van der Waals surface area (Å²) in [5.74, 6) is 0.536. The molecule has 5 aliphatic rings. The highest BCUT2D eigenvalue weighted by Crippen LogP contribution is 2.54. The molecule has 0 saturated heterocycles. The van der Waals surface area contributed by atoms with Gasteiger partial charge in [-0.3, -0.25) is 0 Å². The van der Waals surface area contributed by atoms with Crippen molar-refractivity contribution in [1.82, 2.24) is 0 Å². The van der Waals surface area contributed by atoms with E-state index in [1.165, 1.54) is 138 Å². The van der Waals surface area contributed by atoms with Gasteiger partial charge in [-0.25, -0.2) is 0 Å². The number of hydrogen-bond donors (Lipinski definition) is 0. The Balaban J connectivity index is 0.829. The molecular formula is C88H70N2. The van der Waals surface area contributed by atoms with E-state index in [9.17, 15) is 0 Å². The minimum absolute atomic E-state index is 0.0461. The standard InChI is InChI=1S/C88H70N2/c1-87(2)81-35-17-15-31-71(81)73-49-41-61(53-83(73)87)57-37-43-65(44-38-57)89(63-25-7-5-8-26-63)67-47-51-77-79(55-67)85(75-33-19-23-59-21-11-13-29-69(59)75)78-52-48-68(56-80(78)86(77)76-34-20-24-60-22-12-14-30-70(60)76)90(64-27-9-6-10-28-64)66-45-39-58(40-46-66)62-42-50-74-72-32-16-18-36-82(72)88(3,4)84(74)54-62/h5-9,11-27,29-37,39,41-58H,10,28,38,40H2,1-4H3. The lowest BCUT2D eigenvalue weighted by Gasteiger charge is -2.32. The molecule has 0 radical (unpaired) electrons. The highest BCUT2D eigenvalue weighted by Gasteiger charge is 2.37. The lowest BCUT2D eigenvalue weighted by Crippen LogP contribution is -2.23. The molecule has 0 aromatic heterocycles. The largest absolute Gasteiger partial charge is 0.315 e. The summed E-state index contributed by atoms with van der Waals surface area (Å²) in [5, 5.41) is 9.82. The third-order valence-electron chi connectivity index (χ3n) is 20.8. The van der Waals surface area contributed by atoms with Crippen molar-refractivity contribution in [2.45, 2.75) is 76.0 Å². The van der Waals surface area contributed by atoms with Crippen LogP contribution in [0.4, 0.5) is 17.1 Å². The van der Waals surface area contributed by atoms with Crippen molar-refractivity contribution >= 4 is 60.2 Å². The first kappa shape index (κ1) is 53.9. The molecule has 0 N–H and O–H groups in total. The minimum atomic E-state index is -0.0514. The lowest BCUT2D eigenvalue weighted by atomic mass is 9.80.